The second-order valence-corrected chi connectivity index (χ2v) is 19.9. The number of likely N-dealkylation sites (N-methyl/N-ethyl adjacent to an activating group) is 1. The molecule has 3 atom stereocenters. The lowest BCUT2D eigenvalue weighted by atomic mass is 9.81. The molecule has 0 saturated heterocycles. The summed E-state index contributed by atoms with van der Waals surface area (Å²) in [5.74, 6) is -5.13. The Morgan fingerprint density at radius 3 is 2.29 bits per heavy atom. The van der Waals surface area contributed by atoms with E-state index in [9.17, 15) is 53.1 Å². The van der Waals surface area contributed by atoms with Gasteiger partial charge in [-0.1, -0.05) is 43.7 Å². The fraction of sp³-hybridized carbons (Fsp3) is 0.436. The number of pyridine rings is 2. The van der Waals surface area contributed by atoms with E-state index >= 15 is 4.39 Å². The number of halogens is 1. The number of unbranched alkanes of at least 4 members (excludes halogenated alkanes) is 2. The van der Waals surface area contributed by atoms with E-state index in [1.54, 1.807) is 57.3 Å². The smallest absolute Gasteiger partial charge is 0.343 e. The maximum atomic E-state index is 15.4. The van der Waals surface area contributed by atoms with E-state index in [1.165, 1.54) is 22.8 Å². The summed E-state index contributed by atoms with van der Waals surface area (Å²) < 4.78 is 22.1. The largest absolute Gasteiger partial charge is 0.458 e. The van der Waals surface area contributed by atoms with Crippen molar-refractivity contribution in [1.29, 1.82) is 0 Å². The maximum Gasteiger partial charge on any atom is 0.343 e. The Bertz CT molecular complexity index is 3160. The summed E-state index contributed by atoms with van der Waals surface area (Å²) >= 11 is 0. The van der Waals surface area contributed by atoms with Crippen LogP contribution in [0.1, 0.15) is 96.9 Å². The highest BCUT2D eigenvalue weighted by Gasteiger charge is 2.46. The number of hydrogen-bond donors (Lipinski definition) is 7. The molecule has 3 aliphatic heterocycles. The molecule has 0 bridgehead atoms. The first-order valence-electron chi connectivity index (χ1n) is 26.1. The van der Waals surface area contributed by atoms with Crippen molar-refractivity contribution in [2.24, 2.45) is 0 Å². The van der Waals surface area contributed by atoms with E-state index < -0.39 is 71.7 Å². The molecule has 2 aromatic heterocycles. The van der Waals surface area contributed by atoms with Crippen LogP contribution in [0.2, 0.25) is 0 Å². The highest BCUT2D eigenvalue weighted by molar-refractivity contribution is 6.12. The minimum Gasteiger partial charge on any atom is -0.458 e. The second-order valence-electron chi connectivity index (χ2n) is 19.9. The summed E-state index contributed by atoms with van der Waals surface area (Å²) in [5, 5.41) is 28.1. The van der Waals surface area contributed by atoms with Crippen molar-refractivity contribution in [2.45, 2.75) is 102 Å². The number of amides is 8. The first kappa shape index (κ1) is 56.0. The molecule has 0 unspecified atom stereocenters. The Hall–Kier alpha value is -8.18. The van der Waals surface area contributed by atoms with Gasteiger partial charge < -0.3 is 51.2 Å². The van der Waals surface area contributed by atoms with Crippen molar-refractivity contribution in [3.63, 3.8) is 0 Å². The summed E-state index contributed by atoms with van der Waals surface area (Å²) in [6, 6.07) is 10.2. The Morgan fingerprint density at radius 2 is 1.55 bits per heavy atom. The molecule has 8 amide bonds. The number of carbonyl (C=O) groups excluding carboxylic acids is 9. The third-order valence-corrected chi connectivity index (χ3v) is 14.7. The molecule has 4 aliphatic rings. The van der Waals surface area contributed by atoms with E-state index in [0.29, 0.717) is 73.2 Å². The van der Waals surface area contributed by atoms with Crippen molar-refractivity contribution in [1.82, 2.24) is 51.3 Å². The number of nitrogens with one attached hydrogen (secondary N) is 6. The molecular formula is C55H63FN10O12. The molecule has 412 valence electrons. The lowest BCUT2D eigenvalue weighted by Crippen LogP contribution is -2.52. The molecule has 0 spiro atoms. The number of nitrogens with zero attached hydrogens (tertiary/aromatic N) is 4. The van der Waals surface area contributed by atoms with Crippen molar-refractivity contribution in [3.8, 4) is 11.4 Å². The van der Waals surface area contributed by atoms with Crippen LogP contribution in [0.3, 0.4) is 0 Å². The molecule has 0 radical (unpaired) electrons. The number of imide groups is 1. The molecule has 4 aromatic rings. The summed E-state index contributed by atoms with van der Waals surface area (Å²) in [5.41, 5.74) is 2.39. The van der Waals surface area contributed by atoms with Crippen molar-refractivity contribution in [2.75, 3.05) is 52.9 Å². The van der Waals surface area contributed by atoms with Crippen molar-refractivity contribution < 1.29 is 57.4 Å². The molecule has 78 heavy (non-hydrogen) atoms. The van der Waals surface area contributed by atoms with Gasteiger partial charge >= 0.3 is 5.97 Å². The second kappa shape index (κ2) is 24.4. The van der Waals surface area contributed by atoms with Gasteiger partial charge in [-0.3, -0.25) is 48.1 Å². The molecule has 5 heterocycles. The number of aliphatic hydroxyl groups is 1. The topological polar surface area (TPSA) is 297 Å². The zero-order chi connectivity index (χ0) is 55.8. The summed E-state index contributed by atoms with van der Waals surface area (Å²) in [7, 11) is 1.78. The van der Waals surface area contributed by atoms with E-state index in [4.69, 9.17) is 9.72 Å². The summed E-state index contributed by atoms with van der Waals surface area (Å²) in [6.07, 6.45) is 5.17. The van der Waals surface area contributed by atoms with Crippen LogP contribution in [0.15, 0.2) is 59.4 Å². The quantitative estimate of drug-likeness (QED) is 0.0254. The molecule has 7 N–H and O–H groups in total. The number of hydrogen-bond acceptors (Lipinski definition) is 14. The summed E-state index contributed by atoms with van der Waals surface area (Å²) in [4.78, 5) is 136. The molecule has 22 nitrogen and oxygen atoms in total. The van der Waals surface area contributed by atoms with E-state index in [1.807, 2.05) is 4.90 Å². The molecule has 8 rings (SSSR count). The van der Waals surface area contributed by atoms with Crippen LogP contribution in [-0.4, -0.2) is 137 Å². The van der Waals surface area contributed by atoms with Gasteiger partial charge in [0.15, 0.2) is 5.60 Å². The fourth-order valence-electron chi connectivity index (χ4n) is 10.3. The number of cyclic esters (lactones) is 1. The minimum absolute atomic E-state index is 0.0291. The number of aryl methyl sites for hydroxylation is 1. The average Bonchev–Trinajstić information content (AvgIpc) is 4.09. The molecule has 1 aliphatic carbocycles. The van der Waals surface area contributed by atoms with Gasteiger partial charge in [0.05, 0.1) is 54.7 Å². The van der Waals surface area contributed by atoms with Crippen LogP contribution in [0, 0.1) is 12.7 Å². The molecular weight excluding hydrogens is 1010 g/mol. The number of aromatic nitrogens is 2. The Morgan fingerprint density at radius 1 is 0.846 bits per heavy atom. The fourth-order valence-corrected chi connectivity index (χ4v) is 10.3. The zero-order valence-corrected chi connectivity index (χ0v) is 43.7. The molecule has 0 fully saturated rings. The maximum absolute atomic E-state index is 15.4. The lowest BCUT2D eigenvalue weighted by molar-refractivity contribution is -0.172. The van der Waals surface area contributed by atoms with E-state index in [0.717, 1.165) is 27.0 Å². The highest BCUT2D eigenvalue weighted by atomic mass is 19.1. The number of fused-ring (bicyclic) bond motifs is 5. The lowest BCUT2D eigenvalue weighted by Gasteiger charge is -2.31. The number of esters is 1. The first-order valence-corrected chi connectivity index (χ1v) is 26.1. The van der Waals surface area contributed by atoms with E-state index in [-0.39, 0.29) is 93.2 Å². The third kappa shape index (κ3) is 12.5. The van der Waals surface area contributed by atoms with Gasteiger partial charge in [-0.25, -0.2) is 14.2 Å². The number of ether oxygens (including phenoxy) is 1. The average molecular weight is 1080 g/mol. The monoisotopic (exact) mass is 1070 g/mol. The van der Waals surface area contributed by atoms with Crippen LogP contribution >= 0.6 is 0 Å². The third-order valence-electron chi connectivity index (χ3n) is 14.7. The van der Waals surface area contributed by atoms with Gasteiger partial charge in [0, 0.05) is 80.2 Å². The molecule has 0 saturated carbocycles. The van der Waals surface area contributed by atoms with Crippen LogP contribution in [-0.2, 0) is 79.5 Å². The number of rotatable bonds is 24. The van der Waals surface area contributed by atoms with E-state index in [2.05, 4.69) is 31.9 Å². The highest BCUT2D eigenvalue weighted by Crippen LogP contribution is 2.46. The van der Waals surface area contributed by atoms with Gasteiger partial charge in [-0.15, -0.1) is 0 Å². The molecule has 2 aromatic carbocycles. The minimum atomic E-state index is -2.03. The number of carbonyl (C=O) groups is 9. The SMILES string of the molecule is CC[C@@]1(O)C(=O)OCc2c1cc1n(c2=O)Cc2c-1nc1cc(F)c(C)c3c1c2[C@@H](NC(=O)CCN(C)CCNC(=O)CNC(=O)[C@H](Cc1ccccc1)NC(=O)CNC(=O)CNC(=O)CCCCCN1C(=O)C=CC1=O)CC3. The van der Waals surface area contributed by atoms with Gasteiger partial charge in [0.2, 0.25) is 35.4 Å². The Labute approximate surface area is 447 Å². The predicted octanol–water partition coefficient (Wildman–Crippen LogP) is 0.630. The standard InChI is InChI=1S/C55H63FN10O12/c1-4-55(77)36-24-41-51-34(29-66(41)53(75)35(36)30-78-54(55)76)50-38(15-14-33-31(2)37(56)25-39(63-51)49(33)50)61-43(68)18-21-64(3)22-19-57-44(69)27-60-52(74)40(23-32-11-7-5-8-12-32)62-46(71)28-59-45(70)26-58-42(67)13-9-6-10-20-65-47(72)16-17-48(65)73/h5,7-8,11-12,16-17,24-25,38,40,77H,4,6,9-10,13-15,18-23,26-30H2,1-3H3,(H,57,69)(H,58,67)(H,59,70)(H,60,74)(H,61,68)(H,62,71)/t38-,40-,55-/m0/s1. The first-order chi connectivity index (χ1) is 37.4. The van der Waals surface area contributed by atoms with Crippen molar-refractivity contribution in [3.05, 3.63) is 110 Å². The van der Waals surface area contributed by atoms with Crippen LogP contribution < -0.4 is 37.5 Å². The number of benzene rings is 2. The van der Waals surface area contributed by atoms with Gasteiger partial charge in [0.25, 0.3) is 17.4 Å². The molecule has 23 heteroatoms. The van der Waals surface area contributed by atoms with Crippen LogP contribution in [0.25, 0.3) is 22.3 Å². The van der Waals surface area contributed by atoms with Crippen LogP contribution in [0.4, 0.5) is 4.39 Å². The van der Waals surface area contributed by atoms with Gasteiger partial charge in [-0.05, 0) is 74.4 Å². The summed E-state index contributed by atoms with van der Waals surface area (Å²) in [6.45, 7) is 2.94. The van der Waals surface area contributed by atoms with Gasteiger partial charge in [0.1, 0.15) is 18.5 Å². The zero-order valence-electron chi connectivity index (χ0n) is 43.7. The van der Waals surface area contributed by atoms with Crippen molar-refractivity contribution >= 4 is 64.1 Å². The van der Waals surface area contributed by atoms with Gasteiger partial charge in [-0.2, -0.15) is 0 Å². The normalized spacial score (nSPS) is 17.2. The Balaban J connectivity index is 0.783. The predicted molar refractivity (Wildman–Crippen MR) is 279 cm³/mol. The van der Waals surface area contributed by atoms with Crippen LogP contribution in [0.5, 0.6) is 0 Å². The Kier molecular flexibility index (Phi) is 17.6.